The van der Waals surface area contributed by atoms with E-state index in [1.54, 1.807) is 0 Å². The lowest BCUT2D eigenvalue weighted by Crippen LogP contribution is -1.89. The first kappa shape index (κ1) is 9.15. The van der Waals surface area contributed by atoms with E-state index in [4.69, 9.17) is 11.6 Å². The summed E-state index contributed by atoms with van der Waals surface area (Å²) in [7, 11) is 0. The van der Waals surface area contributed by atoms with Crippen molar-refractivity contribution in [2.45, 2.75) is 0 Å². The molecule has 2 aromatic rings. The summed E-state index contributed by atoms with van der Waals surface area (Å²) in [4.78, 5) is 0. The lowest BCUT2D eigenvalue weighted by molar-refractivity contribution is 0.590. The molecule has 0 saturated carbocycles. The SMILES string of the molecule is Fc1ccc(Cl)c(F)c1-c1cn[nH]c1. The number of hydrogen-bond acceptors (Lipinski definition) is 1. The Morgan fingerprint density at radius 2 is 2.07 bits per heavy atom. The molecular formula is C9H5ClF2N2. The number of hydrogen-bond donors (Lipinski definition) is 1. The third kappa shape index (κ3) is 1.37. The first-order valence-electron chi connectivity index (χ1n) is 3.83. The van der Waals surface area contributed by atoms with Crippen molar-refractivity contribution in [3.05, 3.63) is 41.2 Å². The fourth-order valence-corrected chi connectivity index (χ4v) is 1.34. The average Bonchev–Trinajstić information content (AvgIpc) is 2.65. The highest BCUT2D eigenvalue weighted by Gasteiger charge is 2.14. The fraction of sp³-hybridized carbons (Fsp3) is 0. The molecule has 0 spiro atoms. The molecule has 0 saturated heterocycles. The second-order valence-corrected chi connectivity index (χ2v) is 3.11. The lowest BCUT2D eigenvalue weighted by Gasteiger charge is -2.02. The monoisotopic (exact) mass is 214 g/mol. The van der Waals surface area contributed by atoms with Gasteiger partial charge >= 0.3 is 0 Å². The van der Waals surface area contributed by atoms with Gasteiger partial charge in [-0.05, 0) is 12.1 Å². The van der Waals surface area contributed by atoms with Crippen LogP contribution in [-0.4, -0.2) is 10.2 Å². The van der Waals surface area contributed by atoms with Crippen molar-refractivity contribution in [1.82, 2.24) is 10.2 Å². The van der Waals surface area contributed by atoms with E-state index in [0.29, 0.717) is 5.56 Å². The van der Waals surface area contributed by atoms with Crippen LogP contribution in [-0.2, 0) is 0 Å². The molecule has 0 aliphatic carbocycles. The first-order chi connectivity index (χ1) is 6.70. The number of nitrogens with one attached hydrogen (secondary N) is 1. The van der Waals surface area contributed by atoms with E-state index >= 15 is 0 Å². The quantitative estimate of drug-likeness (QED) is 0.727. The maximum Gasteiger partial charge on any atom is 0.152 e. The molecule has 2 rings (SSSR count). The lowest BCUT2D eigenvalue weighted by atomic mass is 10.1. The van der Waals surface area contributed by atoms with Gasteiger partial charge in [-0.2, -0.15) is 5.10 Å². The van der Waals surface area contributed by atoms with Crippen LogP contribution in [0.5, 0.6) is 0 Å². The van der Waals surface area contributed by atoms with Crippen LogP contribution in [0.25, 0.3) is 11.1 Å². The van der Waals surface area contributed by atoms with Crippen molar-refractivity contribution in [2.24, 2.45) is 0 Å². The molecule has 0 unspecified atom stereocenters. The topological polar surface area (TPSA) is 28.7 Å². The Kier molecular flexibility index (Phi) is 2.21. The van der Waals surface area contributed by atoms with Crippen molar-refractivity contribution in [3.8, 4) is 11.1 Å². The number of halogens is 3. The molecule has 2 nitrogen and oxygen atoms in total. The first-order valence-corrected chi connectivity index (χ1v) is 4.20. The van der Waals surface area contributed by atoms with Crippen molar-refractivity contribution in [1.29, 1.82) is 0 Å². The smallest absolute Gasteiger partial charge is 0.152 e. The summed E-state index contributed by atoms with van der Waals surface area (Å²) in [5.41, 5.74) is 0.175. The van der Waals surface area contributed by atoms with Crippen LogP contribution in [0.3, 0.4) is 0 Å². The molecule has 1 aromatic carbocycles. The maximum atomic E-state index is 13.4. The van der Waals surface area contributed by atoms with Crippen molar-refractivity contribution in [3.63, 3.8) is 0 Å². The fourth-order valence-electron chi connectivity index (χ4n) is 1.18. The van der Waals surface area contributed by atoms with E-state index in [-0.39, 0.29) is 10.6 Å². The van der Waals surface area contributed by atoms with Gasteiger partial charge in [-0.1, -0.05) is 11.6 Å². The van der Waals surface area contributed by atoms with Crippen molar-refractivity contribution < 1.29 is 8.78 Å². The van der Waals surface area contributed by atoms with Crippen molar-refractivity contribution >= 4 is 11.6 Å². The Labute approximate surface area is 83.5 Å². The second-order valence-electron chi connectivity index (χ2n) is 2.71. The largest absolute Gasteiger partial charge is 0.285 e. The van der Waals surface area contributed by atoms with Gasteiger partial charge in [0.05, 0.1) is 16.8 Å². The zero-order valence-electron chi connectivity index (χ0n) is 6.89. The minimum absolute atomic E-state index is 0.109. The zero-order valence-corrected chi connectivity index (χ0v) is 7.65. The standard InChI is InChI=1S/C9H5ClF2N2/c10-6-1-2-7(11)8(9(6)12)5-3-13-14-4-5/h1-4H,(H,13,14). The third-order valence-corrected chi connectivity index (χ3v) is 2.12. The van der Waals surface area contributed by atoms with Crippen LogP contribution >= 0.6 is 11.6 Å². The number of benzene rings is 1. The summed E-state index contributed by atoms with van der Waals surface area (Å²) in [5, 5.41) is 5.98. The molecule has 0 radical (unpaired) electrons. The Morgan fingerprint density at radius 1 is 1.29 bits per heavy atom. The molecule has 0 amide bonds. The maximum absolute atomic E-state index is 13.4. The van der Waals surface area contributed by atoms with Crippen LogP contribution in [0.15, 0.2) is 24.5 Å². The van der Waals surface area contributed by atoms with E-state index in [9.17, 15) is 8.78 Å². The van der Waals surface area contributed by atoms with Gasteiger partial charge in [0.15, 0.2) is 5.82 Å². The molecule has 1 N–H and O–H groups in total. The summed E-state index contributed by atoms with van der Waals surface area (Å²) < 4.78 is 26.7. The highest BCUT2D eigenvalue weighted by Crippen LogP contribution is 2.29. The average molecular weight is 215 g/mol. The molecule has 5 heteroatoms. The summed E-state index contributed by atoms with van der Waals surface area (Å²) in [5.74, 6) is -1.43. The summed E-state index contributed by atoms with van der Waals surface area (Å²) in [6, 6.07) is 2.30. The van der Waals surface area contributed by atoms with Gasteiger partial charge in [-0.15, -0.1) is 0 Å². The van der Waals surface area contributed by atoms with E-state index in [1.807, 2.05) is 0 Å². The van der Waals surface area contributed by atoms with Gasteiger partial charge in [0.1, 0.15) is 5.82 Å². The molecule has 0 aliphatic heterocycles. The Morgan fingerprint density at radius 3 is 2.71 bits per heavy atom. The van der Waals surface area contributed by atoms with Crippen LogP contribution < -0.4 is 0 Å². The van der Waals surface area contributed by atoms with Gasteiger partial charge < -0.3 is 0 Å². The number of H-pyrrole nitrogens is 1. The molecule has 0 bridgehead atoms. The van der Waals surface area contributed by atoms with Gasteiger partial charge in [-0.25, -0.2) is 8.78 Å². The molecule has 72 valence electrons. The zero-order chi connectivity index (χ0) is 10.1. The third-order valence-electron chi connectivity index (χ3n) is 1.83. The molecular weight excluding hydrogens is 210 g/mol. The van der Waals surface area contributed by atoms with Gasteiger partial charge in [0, 0.05) is 11.8 Å². The Hall–Kier alpha value is -1.42. The minimum Gasteiger partial charge on any atom is -0.285 e. The Balaban J connectivity index is 2.69. The van der Waals surface area contributed by atoms with Gasteiger partial charge in [-0.3, -0.25) is 5.10 Å². The number of aromatic nitrogens is 2. The molecule has 0 aliphatic rings. The normalized spacial score (nSPS) is 10.5. The van der Waals surface area contributed by atoms with Crippen LogP contribution in [0.2, 0.25) is 5.02 Å². The van der Waals surface area contributed by atoms with Crippen LogP contribution in [0.4, 0.5) is 8.78 Å². The van der Waals surface area contributed by atoms with E-state index < -0.39 is 11.6 Å². The van der Waals surface area contributed by atoms with E-state index in [1.165, 1.54) is 18.5 Å². The molecule has 0 fully saturated rings. The van der Waals surface area contributed by atoms with Crippen molar-refractivity contribution in [2.75, 3.05) is 0 Å². The minimum atomic E-state index is -0.770. The predicted octanol–water partition coefficient (Wildman–Crippen LogP) is 3.01. The van der Waals surface area contributed by atoms with Crippen LogP contribution in [0.1, 0.15) is 0 Å². The van der Waals surface area contributed by atoms with Gasteiger partial charge in [0.2, 0.25) is 0 Å². The van der Waals surface area contributed by atoms with E-state index in [2.05, 4.69) is 10.2 Å². The highest BCUT2D eigenvalue weighted by molar-refractivity contribution is 6.31. The highest BCUT2D eigenvalue weighted by atomic mass is 35.5. The summed E-state index contributed by atoms with van der Waals surface area (Å²) >= 11 is 5.53. The molecule has 0 atom stereocenters. The second kappa shape index (κ2) is 3.38. The number of nitrogens with zero attached hydrogens (tertiary/aromatic N) is 1. The summed E-state index contributed by atoms with van der Waals surface area (Å²) in [6.07, 6.45) is 2.73. The summed E-state index contributed by atoms with van der Waals surface area (Å²) in [6.45, 7) is 0. The molecule has 1 heterocycles. The molecule has 1 aromatic heterocycles. The number of rotatable bonds is 1. The predicted molar refractivity (Wildman–Crippen MR) is 48.9 cm³/mol. The number of aromatic amines is 1. The Bertz CT molecular complexity index is 454. The van der Waals surface area contributed by atoms with Crippen LogP contribution in [0, 0.1) is 11.6 Å². The molecule has 14 heavy (non-hydrogen) atoms. The van der Waals surface area contributed by atoms with Gasteiger partial charge in [0.25, 0.3) is 0 Å². The van der Waals surface area contributed by atoms with E-state index in [0.717, 1.165) is 6.07 Å².